The molecule has 1 aliphatic carbocycles. The van der Waals surface area contributed by atoms with Crippen molar-refractivity contribution < 1.29 is 0 Å². The first-order valence-electron chi connectivity index (χ1n) is 7.96. The molecule has 0 aliphatic heterocycles. The number of nitriles is 1. The van der Waals surface area contributed by atoms with Crippen molar-refractivity contribution in [1.29, 1.82) is 5.26 Å². The normalized spacial score (nSPS) is 17.2. The van der Waals surface area contributed by atoms with Gasteiger partial charge in [0.05, 0.1) is 5.56 Å². The highest BCUT2D eigenvalue weighted by atomic mass is 15.0. The van der Waals surface area contributed by atoms with E-state index in [1.807, 2.05) is 7.05 Å². The van der Waals surface area contributed by atoms with Crippen LogP contribution in [0.4, 0.5) is 5.82 Å². The van der Waals surface area contributed by atoms with Crippen LogP contribution in [0.25, 0.3) is 0 Å². The monoisotopic (exact) mass is 271 g/mol. The SMILES string of the molecule is CNc1nc2c(cc1C#N)CCCCCCCCCC2. The van der Waals surface area contributed by atoms with Crippen LogP contribution in [0.15, 0.2) is 6.07 Å². The van der Waals surface area contributed by atoms with Crippen LogP contribution in [0, 0.1) is 11.3 Å². The zero-order valence-electron chi connectivity index (χ0n) is 12.5. The fourth-order valence-electron chi connectivity index (χ4n) is 2.97. The highest BCUT2D eigenvalue weighted by Crippen LogP contribution is 2.22. The molecule has 108 valence electrons. The van der Waals surface area contributed by atoms with Crippen LogP contribution < -0.4 is 5.32 Å². The second kappa shape index (κ2) is 7.89. The molecule has 0 unspecified atom stereocenters. The summed E-state index contributed by atoms with van der Waals surface area (Å²) in [6.07, 6.45) is 12.6. The first-order chi connectivity index (χ1) is 9.85. The van der Waals surface area contributed by atoms with Crippen molar-refractivity contribution in [3.05, 3.63) is 22.9 Å². The van der Waals surface area contributed by atoms with E-state index in [0.717, 1.165) is 18.7 Å². The van der Waals surface area contributed by atoms with Crippen LogP contribution in [0.1, 0.15) is 68.2 Å². The molecule has 0 amide bonds. The Balaban J connectivity index is 2.22. The van der Waals surface area contributed by atoms with Crippen molar-refractivity contribution in [3.63, 3.8) is 0 Å². The predicted molar refractivity (Wildman–Crippen MR) is 82.8 cm³/mol. The number of nitrogens with zero attached hydrogens (tertiary/aromatic N) is 2. The number of nitrogens with one attached hydrogen (secondary N) is 1. The molecule has 1 heterocycles. The first-order valence-corrected chi connectivity index (χ1v) is 7.96. The molecule has 0 saturated heterocycles. The average Bonchev–Trinajstić information content (AvgIpc) is 2.47. The summed E-state index contributed by atoms with van der Waals surface area (Å²) in [6.45, 7) is 0. The fraction of sp³-hybridized carbons (Fsp3) is 0.647. The van der Waals surface area contributed by atoms with Crippen molar-refractivity contribution in [1.82, 2.24) is 4.98 Å². The molecule has 20 heavy (non-hydrogen) atoms. The molecule has 0 bridgehead atoms. The Morgan fingerprint density at radius 1 is 1.00 bits per heavy atom. The standard InChI is InChI=1S/C17H25N3/c1-19-17-15(13-18)12-14-10-8-6-4-2-3-5-7-9-11-16(14)20-17/h12H,2-11H2,1H3,(H,19,20). The molecule has 1 aliphatic rings. The number of rotatable bonds is 1. The molecule has 0 radical (unpaired) electrons. The maximum Gasteiger partial charge on any atom is 0.143 e. The quantitative estimate of drug-likeness (QED) is 0.832. The Morgan fingerprint density at radius 3 is 2.20 bits per heavy atom. The van der Waals surface area contributed by atoms with Gasteiger partial charge >= 0.3 is 0 Å². The fourth-order valence-corrected chi connectivity index (χ4v) is 2.97. The van der Waals surface area contributed by atoms with Gasteiger partial charge in [-0.1, -0.05) is 38.5 Å². The minimum atomic E-state index is 0.679. The Kier molecular flexibility index (Phi) is 5.86. The zero-order valence-corrected chi connectivity index (χ0v) is 12.5. The number of aromatic nitrogens is 1. The summed E-state index contributed by atoms with van der Waals surface area (Å²) < 4.78 is 0. The Morgan fingerprint density at radius 2 is 1.60 bits per heavy atom. The second-order valence-corrected chi connectivity index (χ2v) is 5.68. The van der Waals surface area contributed by atoms with Gasteiger partial charge in [-0.15, -0.1) is 0 Å². The molecule has 0 saturated carbocycles. The minimum Gasteiger partial charge on any atom is -0.372 e. The van der Waals surface area contributed by atoms with Crippen LogP contribution in [-0.4, -0.2) is 12.0 Å². The summed E-state index contributed by atoms with van der Waals surface area (Å²) in [7, 11) is 1.84. The van der Waals surface area contributed by atoms with E-state index in [-0.39, 0.29) is 0 Å². The van der Waals surface area contributed by atoms with Crippen LogP contribution in [0.3, 0.4) is 0 Å². The van der Waals surface area contributed by atoms with Crippen LogP contribution in [-0.2, 0) is 12.8 Å². The summed E-state index contributed by atoms with van der Waals surface area (Å²) >= 11 is 0. The summed E-state index contributed by atoms with van der Waals surface area (Å²) in [4.78, 5) is 4.70. The lowest BCUT2D eigenvalue weighted by molar-refractivity contribution is 0.557. The largest absolute Gasteiger partial charge is 0.372 e. The molecule has 1 aromatic rings. The number of pyridine rings is 1. The third-order valence-electron chi connectivity index (χ3n) is 4.16. The lowest BCUT2D eigenvalue weighted by Crippen LogP contribution is -2.05. The summed E-state index contributed by atoms with van der Waals surface area (Å²) in [6, 6.07) is 4.31. The number of fused-ring (bicyclic) bond motifs is 1. The van der Waals surface area contributed by atoms with E-state index in [9.17, 15) is 5.26 Å². The molecule has 1 aromatic heterocycles. The molecule has 0 atom stereocenters. The van der Waals surface area contributed by atoms with Gasteiger partial charge in [0.25, 0.3) is 0 Å². The van der Waals surface area contributed by atoms with Crippen LogP contribution in [0.2, 0.25) is 0 Å². The number of hydrogen-bond donors (Lipinski definition) is 1. The highest BCUT2D eigenvalue weighted by Gasteiger charge is 2.11. The Labute approximate surface area is 122 Å². The molecule has 0 aromatic carbocycles. The van der Waals surface area contributed by atoms with Gasteiger partial charge in [-0.05, 0) is 37.3 Å². The van der Waals surface area contributed by atoms with E-state index in [1.54, 1.807) is 0 Å². The van der Waals surface area contributed by atoms with Crippen molar-refractivity contribution in [3.8, 4) is 6.07 Å². The molecule has 3 heteroatoms. The lowest BCUT2D eigenvalue weighted by Gasteiger charge is -2.13. The number of hydrogen-bond acceptors (Lipinski definition) is 3. The summed E-state index contributed by atoms with van der Waals surface area (Å²) in [5.41, 5.74) is 3.17. The maximum atomic E-state index is 9.23. The van der Waals surface area contributed by atoms with Crippen molar-refractivity contribution in [2.24, 2.45) is 0 Å². The molecule has 1 N–H and O–H groups in total. The van der Waals surface area contributed by atoms with Gasteiger partial charge in [0.2, 0.25) is 0 Å². The molecule has 3 nitrogen and oxygen atoms in total. The minimum absolute atomic E-state index is 0.679. The van der Waals surface area contributed by atoms with E-state index >= 15 is 0 Å². The van der Waals surface area contributed by atoms with Crippen LogP contribution in [0.5, 0.6) is 0 Å². The summed E-state index contributed by atoms with van der Waals surface area (Å²) in [5, 5.41) is 12.3. The molecular weight excluding hydrogens is 246 g/mol. The molecule has 0 spiro atoms. The number of anilines is 1. The van der Waals surface area contributed by atoms with Gasteiger partial charge in [-0.3, -0.25) is 0 Å². The van der Waals surface area contributed by atoms with E-state index in [0.29, 0.717) is 5.56 Å². The third kappa shape index (κ3) is 3.96. The number of aryl methyl sites for hydroxylation is 2. The average molecular weight is 271 g/mol. The molecular formula is C17H25N3. The van der Waals surface area contributed by atoms with Gasteiger partial charge in [0, 0.05) is 12.7 Å². The predicted octanol–water partition coefficient (Wildman–Crippen LogP) is 4.21. The van der Waals surface area contributed by atoms with Crippen molar-refractivity contribution in [2.45, 2.75) is 64.2 Å². The second-order valence-electron chi connectivity index (χ2n) is 5.68. The Hall–Kier alpha value is -1.56. The van der Waals surface area contributed by atoms with E-state index in [1.165, 1.54) is 62.6 Å². The van der Waals surface area contributed by atoms with Gasteiger partial charge in [-0.2, -0.15) is 5.26 Å². The van der Waals surface area contributed by atoms with Crippen molar-refractivity contribution in [2.75, 3.05) is 12.4 Å². The zero-order chi connectivity index (χ0) is 14.2. The van der Waals surface area contributed by atoms with E-state index in [4.69, 9.17) is 4.98 Å². The van der Waals surface area contributed by atoms with E-state index < -0.39 is 0 Å². The summed E-state index contributed by atoms with van der Waals surface area (Å²) in [5.74, 6) is 0.735. The highest BCUT2D eigenvalue weighted by molar-refractivity contribution is 5.54. The third-order valence-corrected chi connectivity index (χ3v) is 4.16. The topological polar surface area (TPSA) is 48.7 Å². The lowest BCUT2D eigenvalue weighted by atomic mass is 9.97. The van der Waals surface area contributed by atoms with Gasteiger partial charge in [0.1, 0.15) is 11.9 Å². The Bertz CT molecular complexity index is 474. The van der Waals surface area contributed by atoms with E-state index in [2.05, 4.69) is 17.5 Å². The maximum absolute atomic E-state index is 9.23. The van der Waals surface area contributed by atoms with Gasteiger partial charge < -0.3 is 5.32 Å². The van der Waals surface area contributed by atoms with Gasteiger partial charge in [0.15, 0.2) is 0 Å². The van der Waals surface area contributed by atoms with Crippen molar-refractivity contribution >= 4 is 5.82 Å². The first kappa shape index (κ1) is 14.8. The van der Waals surface area contributed by atoms with Gasteiger partial charge in [-0.25, -0.2) is 4.98 Å². The smallest absolute Gasteiger partial charge is 0.143 e. The molecule has 2 rings (SSSR count). The molecule has 0 fully saturated rings. The van der Waals surface area contributed by atoms with Crippen LogP contribution >= 0.6 is 0 Å².